The summed E-state index contributed by atoms with van der Waals surface area (Å²) in [5.74, 6) is -0.844. The van der Waals surface area contributed by atoms with Crippen molar-refractivity contribution >= 4 is 19.8 Å². The summed E-state index contributed by atoms with van der Waals surface area (Å²) in [6.45, 7) is 4.13. The highest BCUT2D eigenvalue weighted by Gasteiger charge is 2.22. The number of likely N-dealkylation sites (N-methyl/N-ethyl adjacent to an activating group) is 1. The van der Waals surface area contributed by atoms with Crippen molar-refractivity contribution in [1.29, 1.82) is 0 Å². The molecule has 0 fully saturated rings. The number of nitrogens with zero attached hydrogens (tertiary/aromatic N) is 1. The largest absolute Gasteiger partial charge is 0.756 e. The second-order valence-electron chi connectivity index (χ2n) is 27.3. The molecule has 0 saturated heterocycles. The zero-order valence-corrected chi connectivity index (χ0v) is 62.8. The van der Waals surface area contributed by atoms with Crippen LogP contribution < -0.4 is 4.89 Å². The quantitative estimate of drug-likeness (QED) is 0.0195. The maximum atomic E-state index is 12.9. The smallest absolute Gasteiger partial charge is 0.306 e. The van der Waals surface area contributed by atoms with Crippen LogP contribution in [-0.2, 0) is 32.7 Å². The summed E-state index contributed by atoms with van der Waals surface area (Å²) in [5.41, 5.74) is 0. The predicted octanol–water partition coefficient (Wildman–Crippen LogP) is 25.5. The van der Waals surface area contributed by atoms with Crippen LogP contribution in [0.15, 0.2) is 122 Å². The molecule has 0 N–H and O–H groups in total. The Morgan fingerprint density at radius 3 is 0.904 bits per heavy atom. The molecule has 0 aromatic carbocycles. The fraction of sp³-hybridized carbons (Fsp3) is 0.738. The molecule has 0 aliphatic heterocycles. The van der Waals surface area contributed by atoms with Crippen molar-refractivity contribution in [3.63, 3.8) is 0 Å². The van der Waals surface area contributed by atoms with Crippen molar-refractivity contribution in [2.75, 3.05) is 47.5 Å². The molecule has 0 saturated carbocycles. The number of esters is 2. The number of hydrogen-bond donors (Lipinski definition) is 0. The van der Waals surface area contributed by atoms with Gasteiger partial charge in [-0.1, -0.05) is 347 Å². The fourth-order valence-electron chi connectivity index (χ4n) is 11.0. The lowest BCUT2D eigenvalue weighted by Crippen LogP contribution is -2.37. The van der Waals surface area contributed by atoms with Gasteiger partial charge in [-0.15, -0.1) is 0 Å². The van der Waals surface area contributed by atoms with E-state index in [1.807, 2.05) is 21.1 Å². The second kappa shape index (κ2) is 73.7. The molecule has 542 valence electrons. The molecule has 0 aromatic rings. The van der Waals surface area contributed by atoms with Crippen LogP contribution in [0.3, 0.4) is 0 Å². The number of unbranched alkanes of at least 4 members (excludes halogenated alkanes) is 38. The molecule has 9 nitrogen and oxygen atoms in total. The van der Waals surface area contributed by atoms with Gasteiger partial charge in [-0.2, -0.15) is 0 Å². The molecule has 94 heavy (non-hydrogen) atoms. The van der Waals surface area contributed by atoms with Crippen LogP contribution in [0.1, 0.15) is 348 Å². The molecule has 0 radical (unpaired) electrons. The van der Waals surface area contributed by atoms with Crippen LogP contribution in [0.5, 0.6) is 0 Å². The molecule has 2 unspecified atom stereocenters. The zero-order valence-electron chi connectivity index (χ0n) is 61.9. The van der Waals surface area contributed by atoms with Crippen LogP contribution >= 0.6 is 7.82 Å². The Morgan fingerprint density at radius 1 is 0.340 bits per heavy atom. The van der Waals surface area contributed by atoms with Gasteiger partial charge in [-0.25, -0.2) is 0 Å². The van der Waals surface area contributed by atoms with Crippen LogP contribution in [0.25, 0.3) is 0 Å². The standard InChI is InChI=1S/C84H148NO8P/c1-6-8-10-12-14-16-18-20-22-24-26-28-30-32-34-36-38-39-40-41-42-43-44-45-47-48-50-52-54-56-58-60-62-64-66-68-70-72-74-76-83(86)90-80-82(81-92-94(88,89)91-79-78-85(3,4)5)93-84(87)77-75-73-71-69-67-65-63-61-59-57-55-53-51-49-46-37-35-33-31-29-27-25-23-21-19-17-15-13-11-9-7-2/h9,11,15,17-18,20-21,23-24,26-27,29,33,35,46,49,53,55,59,61,82H,6-8,10,12-14,16,19,22,25,28,30-32,34,36-45,47-48,50-52,54,56-58,60,62-81H2,1-5H3/b11-9-,17-15-,20-18-,23-21-,26-24-,29-27-,35-33-,49-46-,55-53-,61-59-. The Hall–Kier alpha value is -3.59. The third kappa shape index (κ3) is 77.4. The van der Waals surface area contributed by atoms with Gasteiger partial charge < -0.3 is 27.9 Å². The molecular formula is C84H148NO8P. The average molecular weight is 1330 g/mol. The lowest BCUT2D eigenvalue weighted by Gasteiger charge is -2.28. The lowest BCUT2D eigenvalue weighted by molar-refractivity contribution is -0.870. The first kappa shape index (κ1) is 90.4. The predicted molar refractivity (Wildman–Crippen MR) is 406 cm³/mol. The van der Waals surface area contributed by atoms with Gasteiger partial charge in [-0.3, -0.25) is 14.2 Å². The first-order chi connectivity index (χ1) is 46.0. The van der Waals surface area contributed by atoms with Crippen molar-refractivity contribution < 1.29 is 42.1 Å². The van der Waals surface area contributed by atoms with Crippen molar-refractivity contribution in [2.45, 2.75) is 354 Å². The van der Waals surface area contributed by atoms with Crippen LogP contribution in [0, 0.1) is 0 Å². The Kier molecular flexibility index (Phi) is 70.8. The normalized spacial score (nSPS) is 13.7. The Balaban J connectivity index is 3.99. The molecule has 0 spiro atoms. The first-order valence-electron chi connectivity index (χ1n) is 39.2. The minimum Gasteiger partial charge on any atom is -0.756 e. The van der Waals surface area contributed by atoms with Gasteiger partial charge in [0, 0.05) is 12.8 Å². The highest BCUT2D eigenvalue weighted by molar-refractivity contribution is 7.45. The summed E-state index contributed by atoms with van der Waals surface area (Å²) in [4.78, 5) is 38.1. The van der Waals surface area contributed by atoms with Crippen molar-refractivity contribution in [3.8, 4) is 0 Å². The van der Waals surface area contributed by atoms with Gasteiger partial charge in [0.1, 0.15) is 19.8 Å². The van der Waals surface area contributed by atoms with E-state index in [2.05, 4.69) is 135 Å². The lowest BCUT2D eigenvalue weighted by atomic mass is 10.0. The number of quaternary nitrogens is 1. The number of allylic oxidation sites excluding steroid dienone is 20. The minimum absolute atomic E-state index is 0.0382. The number of ether oxygens (including phenoxy) is 2. The van der Waals surface area contributed by atoms with E-state index in [1.54, 1.807) is 0 Å². The molecule has 0 aliphatic rings. The van der Waals surface area contributed by atoms with E-state index >= 15 is 0 Å². The maximum absolute atomic E-state index is 12.9. The number of rotatable bonds is 72. The monoisotopic (exact) mass is 1330 g/mol. The van der Waals surface area contributed by atoms with Crippen molar-refractivity contribution in [1.82, 2.24) is 0 Å². The average Bonchev–Trinajstić information content (AvgIpc) is 1.66. The van der Waals surface area contributed by atoms with Gasteiger partial charge in [0.05, 0.1) is 27.7 Å². The molecule has 0 amide bonds. The highest BCUT2D eigenvalue weighted by Crippen LogP contribution is 2.38. The number of carbonyl (C=O) groups excluding carboxylic acids is 2. The van der Waals surface area contributed by atoms with Crippen molar-refractivity contribution in [2.24, 2.45) is 0 Å². The molecule has 0 rings (SSSR count). The van der Waals surface area contributed by atoms with E-state index in [9.17, 15) is 19.0 Å². The van der Waals surface area contributed by atoms with Crippen molar-refractivity contribution in [3.05, 3.63) is 122 Å². The topological polar surface area (TPSA) is 111 Å². The summed E-state index contributed by atoms with van der Waals surface area (Å²) in [6.07, 6.45) is 106. The van der Waals surface area contributed by atoms with Gasteiger partial charge in [-0.05, 0) is 109 Å². The Labute approximate surface area is 581 Å². The number of carbonyl (C=O) groups is 2. The number of phosphoric acid groups is 1. The zero-order chi connectivity index (χ0) is 68.3. The Morgan fingerprint density at radius 2 is 0.606 bits per heavy atom. The highest BCUT2D eigenvalue weighted by atomic mass is 31.2. The fourth-order valence-corrected chi connectivity index (χ4v) is 11.7. The van der Waals surface area contributed by atoms with Gasteiger partial charge in [0.15, 0.2) is 6.10 Å². The third-order valence-electron chi connectivity index (χ3n) is 17.0. The summed E-state index contributed by atoms with van der Waals surface area (Å²) in [5, 5.41) is 0. The summed E-state index contributed by atoms with van der Waals surface area (Å²) < 4.78 is 34.4. The van der Waals surface area contributed by atoms with Gasteiger partial charge in [0.25, 0.3) is 7.82 Å². The van der Waals surface area contributed by atoms with E-state index in [1.165, 1.54) is 199 Å². The summed E-state index contributed by atoms with van der Waals surface area (Å²) in [7, 11) is 1.15. The SMILES string of the molecule is CC/C=C\C/C=C\C/C=C\C/C=C\C/C=C\C/C=C\C/C=C\C/C=C\CCCCCCCCC(=O)OC(COC(=O)CCCCCCCCCCCCCCCCCCCCCCCCCCCCC/C=C\C/C=C\CCCCCCC)COP(=O)([O-])OCC[N+](C)(C)C. The van der Waals surface area contributed by atoms with E-state index in [0.29, 0.717) is 17.4 Å². The van der Waals surface area contributed by atoms with Crippen LogP contribution in [0.4, 0.5) is 0 Å². The van der Waals surface area contributed by atoms with Crippen LogP contribution in [0.2, 0.25) is 0 Å². The Bertz CT molecular complexity index is 2010. The maximum Gasteiger partial charge on any atom is 0.306 e. The summed E-state index contributed by atoms with van der Waals surface area (Å²) >= 11 is 0. The van der Waals surface area contributed by atoms with Gasteiger partial charge >= 0.3 is 11.9 Å². The molecule has 0 heterocycles. The molecule has 10 heteroatoms. The molecule has 0 aromatic heterocycles. The number of phosphoric ester groups is 1. The first-order valence-corrected chi connectivity index (χ1v) is 40.7. The molecule has 0 bridgehead atoms. The van der Waals surface area contributed by atoms with E-state index in [0.717, 1.165) is 116 Å². The second-order valence-corrected chi connectivity index (χ2v) is 28.8. The molecule has 0 aliphatic carbocycles. The molecular weight excluding hydrogens is 1180 g/mol. The van der Waals surface area contributed by atoms with E-state index in [-0.39, 0.29) is 32.0 Å². The van der Waals surface area contributed by atoms with E-state index < -0.39 is 26.5 Å². The van der Waals surface area contributed by atoms with Gasteiger partial charge in [0.2, 0.25) is 0 Å². The minimum atomic E-state index is -4.66. The summed E-state index contributed by atoms with van der Waals surface area (Å²) in [6, 6.07) is 0. The third-order valence-corrected chi connectivity index (χ3v) is 17.9. The molecule has 2 atom stereocenters. The number of hydrogen-bond acceptors (Lipinski definition) is 8. The van der Waals surface area contributed by atoms with Crippen LogP contribution in [-0.4, -0.2) is 70.0 Å². The van der Waals surface area contributed by atoms with E-state index in [4.69, 9.17) is 18.5 Å².